The number of amides is 1. The standard InChI is InChI=1S/C19H20F2N2O4/c1-12-6-13(2)8-15(7-12)26-11-18(24)23-22-10-14-4-5-16(25-3)17(9-14)27-19(20)21/h4-10,19H,11H2,1-3H3,(H,23,24)/b22-10-. The molecule has 0 saturated carbocycles. The van der Waals surface area contributed by atoms with Crippen molar-refractivity contribution in [3.63, 3.8) is 0 Å². The zero-order valence-electron chi connectivity index (χ0n) is 15.2. The summed E-state index contributed by atoms with van der Waals surface area (Å²) in [6, 6.07) is 10.0. The first kappa shape index (κ1) is 20.2. The van der Waals surface area contributed by atoms with Crippen LogP contribution < -0.4 is 19.6 Å². The Morgan fingerprint density at radius 1 is 1.15 bits per heavy atom. The third-order valence-electron chi connectivity index (χ3n) is 3.37. The molecule has 8 heteroatoms. The fourth-order valence-corrected chi connectivity index (χ4v) is 2.34. The maximum atomic E-state index is 12.4. The van der Waals surface area contributed by atoms with Crippen LogP contribution in [-0.4, -0.2) is 32.4 Å². The van der Waals surface area contributed by atoms with E-state index in [1.165, 1.54) is 25.5 Å². The molecule has 0 atom stereocenters. The van der Waals surface area contributed by atoms with E-state index in [4.69, 9.17) is 9.47 Å². The third-order valence-corrected chi connectivity index (χ3v) is 3.37. The molecule has 0 aromatic heterocycles. The number of hydrogen-bond donors (Lipinski definition) is 1. The van der Waals surface area contributed by atoms with Crippen molar-refractivity contribution in [2.45, 2.75) is 20.5 Å². The van der Waals surface area contributed by atoms with Crippen LogP contribution in [0.3, 0.4) is 0 Å². The van der Waals surface area contributed by atoms with Gasteiger partial charge in [-0.1, -0.05) is 6.07 Å². The van der Waals surface area contributed by atoms with Gasteiger partial charge in [-0.2, -0.15) is 13.9 Å². The average Bonchev–Trinajstić information content (AvgIpc) is 2.59. The third kappa shape index (κ3) is 6.58. The summed E-state index contributed by atoms with van der Waals surface area (Å²) in [7, 11) is 1.34. The molecule has 2 aromatic rings. The summed E-state index contributed by atoms with van der Waals surface area (Å²) in [6.45, 7) is 0.687. The topological polar surface area (TPSA) is 69.2 Å². The number of rotatable bonds is 8. The quantitative estimate of drug-likeness (QED) is 0.564. The molecule has 0 radical (unpaired) electrons. The molecule has 0 fully saturated rings. The maximum Gasteiger partial charge on any atom is 0.387 e. The van der Waals surface area contributed by atoms with Gasteiger partial charge < -0.3 is 14.2 Å². The minimum atomic E-state index is -2.98. The fourth-order valence-electron chi connectivity index (χ4n) is 2.34. The van der Waals surface area contributed by atoms with Gasteiger partial charge in [0.05, 0.1) is 13.3 Å². The largest absolute Gasteiger partial charge is 0.493 e. The Hall–Kier alpha value is -3.16. The Morgan fingerprint density at radius 3 is 2.48 bits per heavy atom. The molecule has 0 aliphatic carbocycles. The molecule has 0 aliphatic rings. The molecule has 0 aliphatic heterocycles. The number of halogens is 2. The molecule has 2 rings (SSSR count). The lowest BCUT2D eigenvalue weighted by molar-refractivity contribution is -0.123. The highest BCUT2D eigenvalue weighted by Gasteiger charge is 2.10. The Balaban J connectivity index is 1.91. The van der Waals surface area contributed by atoms with Crippen LogP contribution in [-0.2, 0) is 4.79 Å². The van der Waals surface area contributed by atoms with Gasteiger partial charge in [-0.15, -0.1) is 0 Å². The summed E-state index contributed by atoms with van der Waals surface area (Å²) in [5.41, 5.74) is 4.82. The fraction of sp³-hybridized carbons (Fsp3) is 0.263. The van der Waals surface area contributed by atoms with E-state index in [1.54, 1.807) is 6.07 Å². The number of carbonyl (C=O) groups is 1. The van der Waals surface area contributed by atoms with Gasteiger partial charge in [0.1, 0.15) is 5.75 Å². The van der Waals surface area contributed by atoms with Crippen molar-refractivity contribution in [1.82, 2.24) is 5.43 Å². The number of alkyl halides is 2. The summed E-state index contributed by atoms with van der Waals surface area (Å²) < 4.78 is 39.6. The summed E-state index contributed by atoms with van der Waals surface area (Å²) in [5.74, 6) is 0.179. The average molecular weight is 378 g/mol. The Bertz CT molecular complexity index is 805. The second-order valence-corrected chi connectivity index (χ2v) is 5.69. The highest BCUT2D eigenvalue weighted by Crippen LogP contribution is 2.28. The van der Waals surface area contributed by atoms with Crippen molar-refractivity contribution >= 4 is 12.1 Å². The second kappa shape index (κ2) is 9.51. The summed E-state index contributed by atoms with van der Waals surface area (Å²) in [6.07, 6.45) is 1.30. The Morgan fingerprint density at radius 2 is 1.85 bits per heavy atom. The smallest absolute Gasteiger partial charge is 0.387 e. The minimum absolute atomic E-state index is 0.124. The number of hydrogen-bond acceptors (Lipinski definition) is 5. The number of hydrazone groups is 1. The van der Waals surface area contributed by atoms with Crippen LogP contribution in [0.1, 0.15) is 16.7 Å². The monoisotopic (exact) mass is 378 g/mol. The first-order valence-corrected chi connectivity index (χ1v) is 8.03. The second-order valence-electron chi connectivity index (χ2n) is 5.69. The van der Waals surface area contributed by atoms with Gasteiger partial charge >= 0.3 is 6.61 Å². The number of methoxy groups -OCH3 is 1. The van der Waals surface area contributed by atoms with Gasteiger partial charge in [0.2, 0.25) is 0 Å². The van der Waals surface area contributed by atoms with E-state index in [2.05, 4.69) is 15.3 Å². The van der Waals surface area contributed by atoms with Gasteiger partial charge in [-0.25, -0.2) is 5.43 Å². The lowest BCUT2D eigenvalue weighted by Crippen LogP contribution is -2.24. The van der Waals surface area contributed by atoms with Crippen LogP contribution in [0.15, 0.2) is 41.5 Å². The number of nitrogens with one attached hydrogen (secondary N) is 1. The van der Waals surface area contributed by atoms with Gasteiger partial charge in [0.15, 0.2) is 18.1 Å². The van der Waals surface area contributed by atoms with Gasteiger partial charge in [-0.05, 0) is 60.9 Å². The van der Waals surface area contributed by atoms with Crippen molar-refractivity contribution in [3.8, 4) is 17.2 Å². The van der Waals surface area contributed by atoms with E-state index in [0.717, 1.165) is 11.1 Å². The zero-order valence-corrected chi connectivity index (χ0v) is 15.2. The Kier molecular flexibility index (Phi) is 7.10. The van der Waals surface area contributed by atoms with E-state index < -0.39 is 12.5 Å². The number of carbonyl (C=O) groups excluding carboxylic acids is 1. The molecule has 0 unspecified atom stereocenters. The zero-order chi connectivity index (χ0) is 19.8. The van der Waals surface area contributed by atoms with E-state index in [1.807, 2.05) is 32.0 Å². The van der Waals surface area contributed by atoms with Gasteiger partial charge in [0, 0.05) is 0 Å². The van der Waals surface area contributed by atoms with Gasteiger partial charge in [-0.3, -0.25) is 4.79 Å². The molecule has 0 bridgehead atoms. The van der Waals surface area contributed by atoms with Crippen molar-refractivity contribution in [2.75, 3.05) is 13.7 Å². The number of aryl methyl sites for hydroxylation is 2. The first-order valence-electron chi connectivity index (χ1n) is 8.03. The van der Waals surface area contributed by atoms with Crippen molar-refractivity contribution in [2.24, 2.45) is 5.10 Å². The molecular formula is C19H20F2N2O4. The van der Waals surface area contributed by atoms with Crippen LogP contribution in [0.4, 0.5) is 8.78 Å². The molecule has 1 N–H and O–H groups in total. The van der Waals surface area contributed by atoms with Crippen LogP contribution >= 0.6 is 0 Å². The lowest BCUT2D eigenvalue weighted by Gasteiger charge is -2.10. The highest BCUT2D eigenvalue weighted by molar-refractivity contribution is 5.83. The molecule has 6 nitrogen and oxygen atoms in total. The molecule has 0 saturated heterocycles. The molecule has 0 heterocycles. The van der Waals surface area contributed by atoms with Crippen molar-refractivity contribution in [1.29, 1.82) is 0 Å². The molecule has 0 spiro atoms. The van der Waals surface area contributed by atoms with E-state index in [0.29, 0.717) is 11.3 Å². The Labute approximate surface area is 155 Å². The lowest BCUT2D eigenvalue weighted by atomic mass is 10.1. The number of ether oxygens (including phenoxy) is 3. The SMILES string of the molecule is COc1ccc(/C=N\NC(=O)COc2cc(C)cc(C)c2)cc1OC(F)F. The summed E-state index contributed by atoms with van der Waals surface area (Å²) >= 11 is 0. The van der Waals surface area contributed by atoms with Crippen LogP contribution in [0.25, 0.3) is 0 Å². The van der Waals surface area contributed by atoms with Crippen molar-refractivity contribution < 1.29 is 27.8 Å². The molecule has 144 valence electrons. The molecule has 27 heavy (non-hydrogen) atoms. The molecular weight excluding hydrogens is 358 g/mol. The maximum absolute atomic E-state index is 12.4. The van der Waals surface area contributed by atoms with E-state index in [9.17, 15) is 13.6 Å². The van der Waals surface area contributed by atoms with E-state index >= 15 is 0 Å². The number of benzene rings is 2. The predicted molar refractivity (Wildman–Crippen MR) is 96.8 cm³/mol. The highest BCUT2D eigenvalue weighted by atomic mass is 19.3. The van der Waals surface area contributed by atoms with E-state index in [-0.39, 0.29) is 18.1 Å². The number of nitrogens with zero attached hydrogens (tertiary/aromatic N) is 1. The van der Waals surface area contributed by atoms with Crippen LogP contribution in [0.5, 0.6) is 17.2 Å². The van der Waals surface area contributed by atoms with Crippen LogP contribution in [0, 0.1) is 13.8 Å². The van der Waals surface area contributed by atoms with Crippen molar-refractivity contribution in [3.05, 3.63) is 53.1 Å². The predicted octanol–water partition coefficient (Wildman–Crippen LogP) is 3.44. The normalized spacial score (nSPS) is 10.9. The molecule has 1 amide bonds. The summed E-state index contributed by atoms with van der Waals surface area (Å²) in [4.78, 5) is 11.8. The summed E-state index contributed by atoms with van der Waals surface area (Å²) in [5, 5.41) is 3.78. The first-order chi connectivity index (χ1) is 12.9. The molecule has 2 aromatic carbocycles. The minimum Gasteiger partial charge on any atom is -0.493 e. The van der Waals surface area contributed by atoms with Crippen LogP contribution in [0.2, 0.25) is 0 Å². The van der Waals surface area contributed by atoms with Gasteiger partial charge in [0.25, 0.3) is 5.91 Å².